The van der Waals surface area contributed by atoms with Crippen LogP contribution in [0.2, 0.25) is 0 Å². The van der Waals surface area contributed by atoms with Crippen molar-refractivity contribution in [2.45, 2.75) is 57.3 Å². The van der Waals surface area contributed by atoms with Crippen molar-refractivity contribution >= 4 is 21.9 Å². The molecule has 1 aliphatic rings. The topological polar surface area (TPSA) is 46.5 Å². The lowest BCUT2D eigenvalue weighted by Gasteiger charge is -2.35. The lowest BCUT2D eigenvalue weighted by molar-refractivity contribution is -0.145. The molecule has 0 spiro atoms. The summed E-state index contributed by atoms with van der Waals surface area (Å²) in [5.41, 5.74) is 1.21. The van der Waals surface area contributed by atoms with Crippen LogP contribution in [0, 0.1) is 0 Å². The molecule has 21 heavy (non-hydrogen) atoms. The molecule has 0 unspecified atom stereocenters. The highest BCUT2D eigenvalue weighted by atomic mass is 79.9. The highest BCUT2D eigenvalue weighted by Crippen LogP contribution is 2.46. The molecule has 1 N–H and O–H groups in total. The van der Waals surface area contributed by atoms with Crippen LogP contribution >= 0.6 is 15.9 Å². The quantitative estimate of drug-likeness (QED) is 0.838. The molecule has 0 heterocycles. The van der Waals surface area contributed by atoms with Gasteiger partial charge in [-0.05, 0) is 51.9 Å². The van der Waals surface area contributed by atoms with Crippen molar-refractivity contribution in [1.82, 2.24) is 0 Å². The maximum absolute atomic E-state index is 12.0. The first-order chi connectivity index (χ1) is 9.92. The highest BCUT2D eigenvalue weighted by Gasteiger charge is 2.43. The Morgan fingerprint density at radius 3 is 2.38 bits per heavy atom. The maximum atomic E-state index is 12.0. The van der Waals surface area contributed by atoms with Gasteiger partial charge in [-0.2, -0.15) is 0 Å². The Morgan fingerprint density at radius 2 is 1.90 bits per heavy atom. The lowest BCUT2D eigenvalue weighted by atomic mass is 9.69. The Kier molecular flexibility index (Phi) is 4.97. The van der Waals surface area contributed by atoms with Crippen LogP contribution in [0.1, 0.15) is 63.0 Å². The van der Waals surface area contributed by atoms with Crippen LogP contribution in [0.15, 0.2) is 16.6 Å². The fourth-order valence-electron chi connectivity index (χ4n) is 3.20. The van der Waals surface area contributed by atoms with E-state index in [1.807, 2.05) is 6.07 Å². The minimum absolute atomic E-state index is 0.334. The Hall–Kier alpha value is -1.03. The normalized spacial score (nSPS) is 17.8. The average molecular weight is 355 g/mol. The van der Waals surface area contributed by atoms with Crippen LogP contribution in [0.3, 0.4) is 0 Å². The molecule has 4 heteroatoms. The van der Waals surface area contributed by atoms with Gasteiger partial charge >= 0.3 is 5.97 Å². The number of benzene rings is 1. The smallest absolute Gasteiger partial charge is 0.314 e. The summed E-state index contributed by atoms with van der Waals surface area (Å²) in [5.74, 6) is 0.341. The first-order valence-corrected chi connectivity index (χ1v) is 8.33. The second-order valence-electron chi connectivity index (χ2n) is 6.19. The molecule has 1 aromatic rings. The number of carboxylic acid groups (broad SMARTS) is 1. The summed E-state index contributed by atoms with van der Waals surface area (Å²) >= 11 is 3.58. The zero-order valence-corrected chi connectivity index (χ0v) is 14.5. The van der Waals surface area contributed by atoms with E-state index in [1.165, 1.54) is 0 Å². The van der Waals surface area contributed by atoms with Crippen molar-refractivity contribution in [2.24, 2.45) is 0 Å². The van der Waals surface area contributed by atoms with Gasteiger partial charge in [0.2, 0.25) is 0 Å². The van der Waals surface area contributed by atoms with E-state index in [0.29, 0.717) is 18.8 Å². The molecule has 0 atom stereocenters. The molecule has 0 aliphatic heterocycles. The largest absolute Gasteiger partial charge is 0.496 e. The molecular weight excluding hydrogens is 332 g/mol. The van der Waals surface area contributed by atoms with E-state index in [9.17, 15) is 9.90 Å². The maximum Gasteiger partial charge on any atom is 0.314 e. The Balaban J connectivity index is 2.64. The predicted molar refractivity (Wildman–Crippen MR) is 87.2 cm³/mol. The molecule has 3 nitrogen and oxygen atoms in total. The Bertz CT molecular complexity index is 531. The van der Waals surface area contributed by atoms with Gasteiger partial charge in [-0.3, -0.25) is 4.79 Å². The van der Waals surface area contributed by atoms with Gasteiger partial charge in [0.05, 0.1) is 17.0 Å². The van der Waals surface area contributed by atoms with Gasteiger partial charge in [0, 0.05) is 0 Å². The molecule has 1 aliphatic carbocycles. The number of carbonyl (C=O) groups is 1. The summed E-state index contributed by atoms with van der Waals surface area (Å²) in [6.07, 6.45) is 4.45. The number of carboxylic acids is 1. The Morgan fingerprint density at radius 1 is 1.29 bits per heavy atom. The average Bonchev–Trinajstić information content (AvgIpc) is 2.47. The number of hydrogen-bond acceptors (Lipinski definition) is 2. The second kappa shape index (κ2) is 6.39. The standard InChI is InChI=1S/C17H23BrO3/c1-11(2)12-9-13(15(18)14(10-12)21-3)17(16(19)20)7-5-4-6-8-17/h9-11H,4-8H2,1-3H3,(H,19,20). The van der Waals surface area contributed by atoms with Gasteiger partial charge in [-0.15, -0.1) is 0 Å². The zero-order valence-electron chi connectivity index (χ0n) is 12.9. The predicted octanol–water partition coefficient (Wildman–Crippen LogP) is 4.87. The van der Waals surface area contributed by atoms with Crippen molar-refractivity contribution in [3.05, 3.63) is 27.7 Å². The SMILES string of the molecule is COc1cc(C(C)C)cc(C2(C(=O)O)CCCCC2)c1Br. The van der Waals surface area contributed by atoms with Gasteiger partial charge in [-0.1, -0.05) is 39.2 Å². The molecule has 0 aromatic heterocycles. The van der Waals surface area contributed by atoms with Crippen LogP contribution in [0.5, 0.6) is 5.75 Å². The third kappa shape index (κ3) is 2.96. The first-order valence-electron chi connectivity index (χ1n) is 7.53. The number of halogens is 1. The minimum Gasteiger partial charge on any atom is -0.496 e. The number of hydrogen-bond donors (Lipinski definition) is 1. The van der Waals surface area contributed by atoms with Crippen LogP contribution in [-0.4, -0.2) is 18.2 Å². The summed E-state index contributed by atoms with van der Waals surface area (Å²) < 4.78 is 6.24. The zero-order chi connectivity index (χ0) is 15.6. The van der Waals surface area contributed by atoms with Crippen LogP contribution in [0.25, 0.3) is 0 Å². The molecule has 2 rings (SSSR count). The third-order valence-electron chi connectivity index (χ3n) is 4.58. The fourth-order valence-corrected chi connectivity index (χ4v) is 3.97. The summed E-state index contributed by atoms with van der Waals surface area (Å²) in [4.78, 5) is 12.0. The van der Waals surface area contributed by atoms with Gasteiger partial charge in [-0.25, -0.2) is 0 Å². The molecule has 1 saturated carbocycles. The van der Waals surface area contributed by atoms with Crippen molar-refractivity contribution in [3.63, 3.8) is 0 Å². The van der Waals surface area contributed by atoms with E-state index in [0.717, 1.165) is 40.6 Å². The van der Waals surface area contributed by atoms with E-state index in [4.69, 9.17) is 4.74 Å². The third-order valence-corrected chi connectivity index (χ3v) is 5.40. The van der Waals surface area contributed by atoms with Crippen molar-refractivity contribution in [3.8, 4) is 5.75 Å². The number of rotatable bonds is 4. The molecule has 0 amide bonds. The van der Waals surface area contributed by atoms with E-state index in [1.54, 1.807) is 7.11 Å². The van der Waals surface area contributed by atoms with E-state index in [-0.39, 0.29) is 0 Å². The van der Waals surface area contributed by atoms with E-state index >= 15 is 0 Å². The van der Waals surface area contributed by atoms with Crippen molar-refractivity contribution in [1.29, 1.82) is 0 Å². The van der Waals surface area contributed by atoms with Gasteiger partial charge in [0.15, 0.2) is 0 Å². The molecule has 1 fully saturated rings. The van der Waals surface area contributed by atoms with E-state index < -0.39 is 11.4 Å². The van der Waals surface area contributed by atoms with Crippen LogP contribution in [-0.2, 0) is 10.2 Å². The number of ether oxygens (including phenoxy) is 1. The van der Waals surface area contributed by atoms with Crippen molar-refractivity contribution < 1.29 is 14.6 Å². The van der Waals surface area contributed by atoms with Crippen molar-refractivity contribution in [2.75, 3.05) is 7.11 Å². The first kappa shape index (κ1) is 16.3. The molecule has 0 bridgehead atoms. The highest BCUT2D eigenvalue weighted by molar-refractivity contribution is 9.10. The minimum atomic E-state index is -0.782. The summed E-state index contributed by atoms with van der Waals surface area (Å²) in [5, 5.41) is 9.90. The van der Waals surface area contributed by atoms with Gasteiger partial charge in [0.1, 0.15) is 5.75 Å². The number of aliphatic carboxylic acids is 1. The molecule has 1 aromatic carbocycles. The van der Waals surface area contributed by atoms with Gasteiger partial charge in [0.25, 0.3) is 0 Å². The lowest BCUT2D eigenvalue weighted by Crippen LogP contribution is -2.38. The second-order valence-corrected chi connectivity index (χ2v) is 6.98. The molecule has 116 valence electrons. The summed E-state index contributed by atoms with van der Waals surface area (Å²) in [6, 6.07) is 4.05. The molecule has 0 radical (unpaired) electrons. The number of methoxy groups -OCH3 is 1. The van der Waals surface area contributed by atoms with E-state index in [2.05, 4.69) is 35.8 Å². The Labute approximate surface area is 134 Å². The molecular formula is C17H23BrO3. The van der Waals surface area contributed by atoms with Crippen LogP contribution < -0.4 is 4.74 Å². The monoisotopic (exact) mass is 354 g/mol. The summed E-state index contributed by atoms with van der Waals surface area (Å²) in [7, 11) is 1.63. The fraction of sp³-hybridized carbons (Fsp3) is 0.588. The van der Waals surface area contributed by atoms with Crippen LogP contribution in [0.4, 0.5) is 0 Å². The van der Waals surface area contributed by atoms with Gasteiger partial charge < -0.3 is 9.84 Å². The summed E-state index contributed by atoms with van der Waals surface area (Å²) in [6.45, 7) is 4.22. The molecule has 0 saturated heterocycles.